The van der Waals surface area contributed by atoms with Crippen molar-refractivity contribution in [1.29, 1.82) is 5.26 Å². The van der Waals surface area contributed by atoms with Crippen LogP contribution in [-0.2, 0) is 16.1 Å². The van der Waals surface area contributed by atoms with Gasteiger partial charge in [0.05, 0.1) is 31.2 Å². The maximum absolute atomic E-state index is 12.7. The SMILES string of the molecule is COC(=O)CC(NC(=O)c1ccc(COc2ccc(C#N)cc2)o1)c1ccccc1Cl. The second-order valence-electron chi connectivity index (χ2n) is 6.52. The quantitative estimate of drug-likeness (QED) is 0.522. The van der Waals surface area contributed by atoms with Gasteiger partial charge in [-0.25, -0.2) is 0 Å². The standard InChI is InChI=1S/C23H19ClN2O5/c1-29-22(27)12-20(18-4-2-3-5-19(18)24)26-23(28)21-11-10-17(31-21)14-30-16-8-6-15(13-25)7-9-16/h2-11,20H,12,14H2,1H3,(H,26,28). The number of rotatable bonds is 8. The van der Waals surface area contributed by atoms with Crippen molar-refractivity contribution in [2.24, 2.45) is 0 Å². The minimum atomic E-state index is -0.683. The van der Waals surface area contributed by atoms with Crippen molar-refractivity contribution in [2.45, 2.75) is 19.1 Å². The van der Waals surface area contributed by atoms with Crippen LogP contribution in [0.5, 0.6) is 5.75 Å². The number of hydrogen-bond acceptors (Lipinski definition) is 6. The summed E-state index contributed by atoms with van der Waals surface area (Å²) >= 11 is 6.24. The molecule has 0 saturated carbocycles. The van der Waals surface area contributed by atoms with Crippen LogP contribution in [0.3, 0.4) is 0 Å². The molecule has 1 N–H and O–H groups in total. The lowest BCUT2D eigenvalue weighted by Crippen LogP contribution is -2.30. The molecule has 0 aliphatic heterocycles. The van der Waals surface area contributed by atoms with Crippen LogP contribution in [-0.4, -0.2) is 19.0 Å². The Morgan fingerprint density at radius 3 is 2.55 bits per heavy atom. The van der Waals surface area contributed by atoms with Gasteiger partial charge in [0.1, 0.15) is 18.1 Å². The number of ether oxygens (including phenoxy) is 2. The number of halogens is 1. The number of nitriles is 1. The topological polar surface area (TPSA) is 102 Å². The second-order valence-corrected chi connectivity index (χ2v) is 6.93. The average molecular weight is 439 g/mol. The summed E-state index contributed by atoms with van der Waals surface area (Å²) in [5, 5.41) is 12.0. The van der Waals surface area contributed by atoms with Crippen molar-refractivity contribution in [2.75, 3.05) is 7.11 Å². The Bertz CT molecular complexity index is 1100. The second kappa shape index (κ2) is 10.3. The molecule has 1 heterocycles. The molecule has 158 valence electrons. The minimum absolute atomic E-state index is 0.0698. The van der Waals surface area contributed by atoms with E-state index in [0.717, 1.165) is 0 Å². The van der Waals surface area contributed by atoms with Crippen LogP contribution in [0, 0.1) is 11.3 Å². The molecule has 1 atom stereocenters. The van der Waals surface area contributed by atoms with Gasteiger partial charge in [0, 0.05) is 5.02 Å². The molecule has 0 bridgehead atoms. The molecule has 0 radical (unpaired) electrons. The van der Waals surface area contributed by atoms with E-state index in [0.29, 0.717) is 27.7 Å². The molecule has 3 rings (SSSR count). The van der Waals surface area contributed by atoms with Gasteiger partial charge in [-0.15, -0.1) is 0 Å². The largest absolute Gasteiger partial charge is 0.486 e. The van der Waals surface area contributed by atoms with Crippen molar-refractivity contribution in [3.63, 3.8) is 0 Å². The van der Waals surface area contributed by atoms with E-state index in [1.807, 2.05) is 6.07 Å². The number of furan rings is 1. The third kappa shape index (κ3) is 5.87. The summed E-state index contributed by atoms with van der Waals surface area (Å²) in [6.45, 7) is 0.106. The molecule has 0 aliphatic rings. The van der Waals surface area contributed by atoms with Gasteiger partial charge in [-0.1, -0.05) is 29.8 Å². The van der Waals surface area contributed by atoms with E-state index in [-0.39, 0.29) is 18.8 Å². The molecule has 2 aromatic carbocycles. The van der Waals surface area contributed by atoms with Crippen LogP contribution < -0.4 is 10.1 Å². The van der Waals surface area contributed by atoms with Gasteiger partial charge in [0.25, 0.3) is 5.91 Å². The number of hydrogen-bond donors (Lipinski definition) is 1. The molecular weight excluding hydrogens is 420 g/mol. The Kier molecular flexibility index (Phi) is 7.31. The molecule has 8 heteroatoms. The van der Waals surface area contributed by atoms with Crippen LogP contribution >= 0.6 is 11.6 Å². The van der Waals surface area contributed by atoms with Gasteiger partial charge in [0.2, 0.25) is 0 Å². The molecular formula is C23H19ClN2O5. The molecule has 0 saturated heterocycles. The van der Waals surface area contributed by atoms with Crippen molar-refractivity contribution in [3.05, 3.63) is 88.3 Å². The van der Waals surface area contributed by atoms with E-state index < -0.39 is 17.9 Å². The molecule has 7 nitrogen and oxygen atoms in total. The van der Waals surface area contributed by atoms with E-state index in [2.05, 4.69) is 5.32 Å². The highest BCUT2D eigenvalue weighted by Gasteiger charge is 2.23. The normalized spacial score (nSPS) is 11.3. The Balaban J connectivity index is 1.67. The highest BCUT2D eigenvalue weighted by Crippen LogP contribution is 2.26. The van der Waals surface area contributed by atoms with Gasteiger partial charge < -0.3 is 19.2 Å². The van der Waals surface area contributed by atoms with Gasteiger partial charge >= 0.3 is 5.97 Å². The number of amides is 1. The molecule has 1 aromatic heterocycles. The summed E-state index contributed by atoms with van der Waals surface area (Å²) in [6, 6.07) is 18.1. The first-order valence-corrected chi connectivity index (χ1v) is 9.71. The first-order valence-electron chi connectivity index (χ1n) is 9.34. The summed E-state index contributed by atoms with van der Waals surface area (Å²) in [6.07, 6.45) is -0.0820. The van der Waals surface area contributed by atoms with E-state index in [4.69, 9.17) is 30.8 Å². The molecule has 1 unspecified atom stereocenters. The molecule has 0 spiro atoms. The zero-order valence-electron chi connectivity index (χ0n) is 16.6. The Morgan fingerprint density at radius 1 is 1.13 bits per heavy atom. The van der Waals surface area contributed by atoms with E-state index in [1.54, 1.807) is 54.6 Å². The van der Waals surface area contributed by atoms with Crippen LogP contribution in [0.4, 0.5) is 0 Å². The summed E-state index contributed by atoms with van der Waals surface area (Å²) in [4.78, 5) is 24.5. The highest BCUT2D eigenvalue weighted by atomic mass is 35.5. The zero-order chi connectivity index (χ0) is 22.2. The van der Waals surface area contributed by atoms with E-state index >= 15 is 0 Å². The maximum atomic E-state index is 12.7. The van der Waals surface area contributed by atoms with Gasteiger partial charge in [-0.3, -0.25) is 9.59 Å². The fraction of sp³-hybridized carbons (Fsp3) is 0.174. The first kappa shape index (κ1) is 21.9. The van der Waals surface area contributed by atoms with Gasteiger partial charge in [-0.05, 0) is 48.0 Å². The molecule has 1 amide bonds. The van der Waals surface area contributed by atoms with Crippen LogP contribution in [0.15, 0.2) is 65.1 Å². The van der Waals surface area contributed by atoms with Crippen molar-refractivity contribution >= 4 is 23.5 Å². The van der Waals surface area contributed by atoms with Crippen LogP contribution in [0.2, 0.25) is 5.02 Å². The first-order chi connectivity index (χ1) is 15.0. The third-order valence-electron chi connectivity index (χ3n) is 4.43. The molecule has 31 heavy (non-hydrogen) atoms. The lowest BCUT2D eigenvalue weighted by molar-refractivity contribution is -0.141. The minimum Gasteiger partial charge on any atom is -0.486 e. The number of carbonyl (C=O) groups is 2. The lowest BCUT2D eigenvalue weighted by Gasteiger charge is -2.18. The maximum Gasteiger partial charge on any atom is 0.307 e. The summed E-state index contributed by atoms with van der Waals surface area (Å²) in [7, 11) is 1.28. The zero-order valence-corrected chi connectivity index (χ0v) is 17.4. The molecule has 0 aliphatic carbocycles. The summed E-state index contributed by atoms with van der Waals surface area (Å²) < 4.78 is 15.9. The molecule has 3 aromatic rings. The molecule has 0 fully saturated rings. The number of methoxy groups -OCH3 is 1. The van der Waals surface area contributed by atoms with Crippen molar-refractivity contribution < 1.29 is 23.5 Å². The monoisotopic (exact) mass is 438 g/mol. The van der Waals surface area contributed by atoms with E-state index in [9.17, 15) is 9.59 Å². The van der Waals surface area contributed by atoms with E-state index in [1.165, 1.54) is 13.2 Å². The lowest BCUT2D eigenvalue weighted by atomic mass is 10.0. The van der Waals surface area contributed by atoms with Gasteiger partial charge in [-0.2, -0.15) is 5.26 Å². The number of carbonyl (C=O) groups excluding carboxylic acids is 2. The number of nitrogens with zero attached hydrogens (tertiary/aromatic N) is 1. The Hall–Kier alpha value is -3.76. The summed E-state index contributed by atoms with van der Waals surface area (Å²) in [5.74, 6) is 0.0926. The Labute approximate surface area is 184 Å². The van der Waals surface area contributed by atoms with Crippen molar-refractivity contribution in [1.82, 2.24) is 5.32 Å². The predicted molar refractivity (Wildman–Crippen MR) is 112 cm³/mol. The Morgan fingerprint density at radius 2 is 1.87 bits per heavy atom. The third-order valence-corrected chi connectivity index (χ3v) is 4.78. The number of benzene rings is 2. The summed E-state index contributed by atoms with van der Waals surface area (Å²) in [5.41, 5.74) is 1.13. The van der Waals surface area contributed by atoms with Crippen LogP contribution in [0.25, 0.3) is 0 Å². The predicted octanol–water partition coefficient (Wildman–Crippen LogP) is 4.42. The fourth-order valence-electron chi connectivity index (χ4n) is 2.83. The highest BCUT2D eigenvalue weighted by molar-refractivity contribution is 6.31. The average Bonchev–Trinajstić information content (AvgIpc) is 3.27. The van der Waals surface area contributed by atoms with Crippen molar-refractivity contribution in [3.8, 4) is 11.8 Å². The smallest absolute Gasteiger partial charge is 0.307 e. The number of nitrogens with one attached hydrogen (secondary N) is 1. The van der Waals surface area contributed by atoms with Gasteiger partial charge in [0.15, 0.2) is 5.76 Å². The fourth-order valence-corrected chi connectivity index (χ4v) is 3.10. The number of esters is 1. The van der Waals surface area contributed by atoms with Crippen LogP contribution in [0.1, 0.15) is 39.9 Å².